The molecule has 2 aliphatic rings. The summed E-state index contributed by atoms with van der Waals surface area (Å²) in [5, 5.41) is 12.5. The van der Waals surface area contributed by atoms with Gasteiger partial charge in [-0.05, 0) is 23.0 Å². The van der Waals surface area contributed by atoms with E-state index in [9.17, 15) is 0 Å². The summed E-state index contributed by atoms with van der Waals surface area (Å²) >= 11 is 19.7. The molecule has 2 fully saturated rings. The number of fused-ring (bicyclic) bond motifs is 1. The van der Waals surface area contributed by atoms with Gasteiger partial charge in [0.2, 0.25) is 5.28 Å². The van der Waals surface area contributed by atoms with Crippen LogP contribution >= 0.6 is 123 Å². The van der Waals surface area contributed by atoms with Gasteiger partial charge >= 0.3 is 114 Å². The van der Waals surface area contributed by atoms with Gasteiger partial charge in [0.1, 0.15) is 0 Å². The Balaban J connectivity index is 0.000000497. The van der Waals surface area contributed by atoms with E-state index in [0.717, 1.165) is 75.8 Å². The number of rotatable bonds is 1. The molecular formula is C15H23ClI5N4O3SV2. The number of nitrogens with one attached hydrogen (secondary N) is 1. The Morgan fingerprint density at radius 2 is 1.61 bits per heavy atom. The van der Waals surface area contributed by atoms with E-state index in [1.54, 1.807) is 11.3 Å². The minimum absolute atomic E-state index is 0.278. The van der Waals surface area contributed by atoms with Crippen LogP contribution in [0.1, 0.15) is 0 Å². The number of anilines is 1. The average molecular weight is 1110 g/mol. The maximum atomic E-state index is 7.00. The zero-order valence-electron chi connectivity index (χ0n) is 16.5. The van der Waals surface area contributed by atoms with Gasteiger partial charge in [-0.15, -0.1) is 11.3 Å². The molecule has 2 aliphatic heterocycles. The zero-order chi connectivity index (χ0) is 23.5. The molecule has 2 aromatic heterocycles. The first-order valence-electron chi connectivity index (χ1n) is 8.66. The molecule has 0 aliphatic carbocycles. The third-order valence-electron chi connectivity index (χ3n) is 3.42. The molecule has 16 heteroatoms. The van der Waals surface area contributed by atoms with Crippen LogP contribution in [-0.2, 0) is 23.9 Å². The van der Waals surface area contributed by atoms with E-state index in [1.165, 1.54) is 0 Å². The number of halogens is 6. The van der Waals surface area contributed by atoms with Crippen molar-refractivity contribution < 1.29 is 29.0 Å². The van der Waals surface area contributed by atoms with Crippen molar-refractivity contribution in [3.05, 3.63) is 16.7 Å². The van der Waals surface area contributed by atoms with E-state index in [4.69, 9.17) is 26.2 Å². The molecule has 2 saturated heterocycles. The molecule has 0 saturated carbocycles. The second kappa shape index (κ2) is 24.1. The molecule has 0 aromatic carbocycles. The second-order valence-corrected chi connectivity index (χ2v) is 53.6. The van der Waals surface area contributed by atoms with Gasteiger partial charge in [-0.1, -0.05) is 0 Å². The van der Waals surface area contributed by atoms with E-state index in [1.807, 2.05) is 11.4 Å². The van der Waals surface area contributed by atoms with Gasteiger partial charge < -0.3 is 24.8 Å². The Hall–Kier alpha value is 3.79. The number of aliphatic hydroxyl groups excluding tert-OH is 1. The molecule has 0 amide bonds. The van der Waals surface area contributed by atoms with Crippen LogP contribution in [0.25, 0.3) is 10.2 Å². The Labute approximate surface area is 259 Å². The quantitative estimate of drug-likeness (QED) is 0.276. The third-order valence-corrected chi connectivity index (χ3v) is 4.48. The molecule has 0 bridgehead atoms. The molecule has 0 atom stereocenters. The molecule has 0 spiro atoms. The molecule has 179 valence electrons. The number of ether oxygens (including phenoxy) is 2. The summed E-state index contributed by atoms with van der Waals surface area (Å²) in [4.78, 5) is 10.5. The van der Waals surface area contributed by atoms with E-state index in [0.29, 0.717) is 14.7 Å². The van der Waals surface area contributed by atoms with E-state index in [2.05, 4.69) is 120 Å². The monoisotopic (exact) mass is 1110 g/mol. The van der Waals surface area contributed by atoms with Crippen LogP contribution in [0.15, 0.2) is 11.4 Å². The van der Waals surface area contributed by atoms with Crippen molar-refractivity contribution in [2.45, 2.75) is 0 Å². The first-order chi connectivity index (χ1) is 15.0. The van der Waals surface area contributed by atoms with Crippen LogP contribution in [0.2, 0.25) is 5.28 Å². The number of nitrogens with zero attached hydrogens (tertiary/aromatic N) is 3. The number of aromatic nitrogens is 2. The molecule has 4 heterocycles. The number of aliphatic hydroxyl groups is 1. The van der Waals surface area contributed by atoms with Gasteiger partial charge in [0.25, 0.3) is 0 Å². The van der Waals surface area contributed by atoms with Crippen LogP contribution in [0.5, 0.6) is 0 Å². The van der Waals surface area contributed by atoms with E-state index in [-0.39, 0.29) is 4.92 Å². The van der Waals surface area contributed by atoms with Gasteiger partial charge in [0.15, 0.2) is 5.82 Å². The average Bonchev–Trinajstić information content (AvgIpc) is 3.25. The van der Waals surface area contributed by atoms with Gasteiger partial charge in [0, 0.05) is 33.3 Å². The third kappa shape index (κ3) is 17.8. The fourth-order valence-corrected chi connectivity index (χ4v) is 3.34. The Kier molecular flexibility index (Phi) is 27.1. The van der Waals surface area contributed by atoms with Crippen molar-refractivity contribution in [1.29, 1.82) is 0 Å². The Morgan fingerprint density at radius 3 is 2.06 bits per heavy atom. The zero-order valence-corrected chi connectivity index (χ0v) is 31.6. The van der Waals surface area contributed by atoms with E-state index < -0.39 is 0 Å². The molecule has 2 N–H and O–H groups in total. The molecular weight excluding hydrogens is 1090 g/mol. The summed E-state index contributed by atoms with van der Waals surface area (Å²) < 4.78 is 11.4. The predicted octanol–water partition coefficient (Wildman–Crippen LogP) is 5.82. The summed E-state index contributed by atoms with van der Waals surface area (Å²) in [5.74, 6) is 0.938. The van der Waals surface area contributed by atoms with Gasteiger partial charge in [-0.25, -0.2) is 4.98 Å². The molecule has 2 aromatic rings. The Bertz CT molecular complexity index is 675. The number of hydrogen-bond donors (Lipinski definition) is 2. The molecule has 31 heavy (non-hydrogen) atoms. The number of hydrogen-bond acceptors (Lipinski definition) is 8. The van der Waals surface area contributed by atoms with Crippen LogP contribution < -0.4 is 10.2 Å². The fraction of sp³-hybridized carbons (Fsp3) is 0.600. The van der Waals surface area contributed by atoms with Crippen molar-refractivity contribution in [3.8, 4) is 0 Å². The van der Waals surface area contributed by atoms with Crippen molar-refractivity contribution in [2.75, 3.05) is 64.6 Å². The van der Waals surface area contributed by atoms with Crippen molar-refractivity contribution in [2.24, 2.45) is 0 Å². The molecule has 0 radical (unpaired) electrons. The summed E-state index contributed by atoms with van der Waals surface area (Å²) in [7, 11) is 1.63. The van der Waals surface area contributed by atoms with Crippen molar-refractivity contribution in [3.63, 3.8) is 0 Å². The molecule has 0 unspecified atom stereocenters. The van der Waals surface area contributed by atoms with Gasteiger partial charge in [-0.3, -0.25) is 0 Å². The molecule has 7 nitrogen and oxygen atoms in total. The fourth-order valence-electron chi connectivity index (χ4n) is 2.33. The minimum atomic E-state index is -0.278. The van der Waals surface area contributed by atoms with Crippen LogP contribution in [0.3, 0.4) is 0 Å². The first kappa shape index (κ1) is 34.8. The number of morpholine rings is 2. The SMILES string of the molecule is C1COCCN1.CO.Clc1nc(N2CCOCC2)c2sccc2n1.[I][V]([I])[I].[I][V][I]. The summed E-state index contributed by atoms with van der Waals surface area (Å²) in [6, 6.07) is 1.97. The van der Waals surface area contributed by atoms with Crippen LogP contribution in [0.4, 0.5) is 5.82 Å². The Morgan fingerprint density at radius 1 is 1.10 bits per heavy atom. The maximum absolute atomic E-state index is 7.00. The van der Waals surface area contributed by atoms with Gasteiger partial charge in [-0.2, -0.15) is 4.98 Å². The van der Waals surface area contributed by atoms with Gasteiger partial charge in [0.05, 0.1) is 36.6 Å². The standard InChI is InChI=1S/C10H10ClN3OS.C4H9NO.CH4O.5HI.2V/c11-10-12-7-1-6-16-8(7)9(13-10)14-2-4-15-5-3-14;1-3-6-4-2-5-1;1-2;;;;;;;/h1,6H,2-5H2;5H,1-4H2;2H,1H3;5*1H;;/q;;;;;;;;+2;+3/p-5. The normalized spacial score (nSPS) is 15.2. The summed E-state index contributed by atoms with van der Waals surface area (Å²) in [6.45, 7) is 7.05. The van der Waals surface area contributed by atoms with Crippen LogP contribution in [0, 0.1) is 0 Å². The predicted molar refractivity (Wildman–Crippen MR) is 167 cm³/mol. The topological polar surface area (TPSA) is 79.7 Å². The van der Waals surface area contributed by atoms with Crippen molar-refractivity contribution in [1.82, 2.24) is 15.3 Å². The summed E-state index contributed by atoms with van der Waals surface area (Å²) in [6.07, 6.45) is 0. The van der Waals surface area contributed by atoms with Crippen LogP contribution in [-0.4, -0.2) is 74.8 Å². The summed E-state index contributed by atoms with van der Waals surface area (Å²) in [5.41, 5.74) is 0.923. The van der Waals surface area contributed by atoms with Crippen molar-refractivity contribution >= 4 is 139 Å². The van der Waals surface area contributed by atoms with E-state index >= 15 is 0 Å². The first-order valence-corrected chi connectivity index (χ1v) is 32.4. The molecule has 4 rings (SSSR count). The second-order valence-electron chi connectivity index (χ2n) is 5.17. The number of thiophene rings is 1.